The topological polar surface area (TPSA) is 97.3 Å². The van der Waals surface area contributed by atoms with E-state index in [0.29, 0.717) is 47.9 Å². The minimum Gasteiger partial charge on any atom is -0.496 e. The first-order valence-electron chi connectivity index (χ1n) is 12.0. The Kier molecular flexibility index (Phi) is 9.87. The summed E-state index contributed by atoms with van der Waals surface area (Å²) in [4.78, 5) is 46.0. The number of rotatable bonds is 9. The Morgan fingerprint density at radius 3 is 2.64 bits per heavy atom. The van der Waals surface area contributed by atoms with E-state index in [0.717, 1.165) is 5.56 Å². The van der Waals surface area contributed by atoms with Crippen LogP contribution in [0, 0.1) is 11.8 Å². The van der Waals surface area contributed by atoms with Crippen LogP contribution in [-0.4, -0.2) is 49.0 Å². The lowest BCUT2D eigenvalue weighted by Gasteiger charge is -2.24. The van der Waals surface area contributed by atoms with Crippen molar-refractivity contribution in [1.29, 1.82) is 0 Å². The van der Waals surface area contributed by atoms with Gasteiger partial charge in [0.1, 0.15) is 5.75 Å². The van der Waals surface area contributed by atoms with Crippen LogP contribution in [0.5, 0.6) is 11.5 Å². The zero-order valence-corrected chi connectivity index (χ0v) is 21.6. The van der Waals surface area contributed by atoms with Gasteiger partial charge in [0, 0.05) is 30.3 Å². The van der Waals surface area contributed by atoms with Crippen molar-refractivity contribution in [2.75, 3.05) is 20.7 Å². The Labute approximate surface area is 216 Å². The number of hydrogen-bond acceptors (Lipinski definition) is 6. The highest BCUT2D eigenvalue weighted by Crippen LogP contribution is 2.29. The minimum atomic E-state index is -0.522. The maximum absolute atomic E-state index is 13.6. The predicted octanol–water partition coefficient (Wildman–Crippen LogP) is 4.25. The molecule has 0 spiro atoms. The van der Waals surface area contributed by atoms with Crippen molar-refractivity contribution >= 4 is 35.0 Å². The van der Waals surface area contributed by atoms with Crippen molar-refractivity contribution in [3.63, 3.8) is 0 Å². The third kappa shape index (κ3) is 7.07. The molecule has 3 rings (SSSR count). The molecule has 2 aromatic carbocycles. The molecule has 0 radical (unpaired) electrons. The van der Waals surface area contributed by atoms with Gasteiger partial charge in [-0.1, -0.05) is 41.9 Å². The van der Waals surface area contributed by atoms with E-state index < -0.39 is 17.7 Å². The lowest BCUT2D eigenvalue weighted by molar-refractivity contribution is -0.148. The average Bonchev–Trinajstić information content (AvgIpc) is 3.05. The second kappa shape index (κ2) is 13.1. The number of para-hydroxylation sites is 1. The molecule has 1 fully saturated rings. The fraction of sp³-hybridized carbons (Fsp3) is 0.407. The third-order valence-electron chi connectivity index (χ3n) is 6.30. The van der Waals surface area contributed by atoms with Crippen molar-refractivity contribution in [3.05, 3.63) is 59.1 Å². The van der Waals surface area contributed by atoms with Gasteiger partial charge in [0.25, 0.3) is 0 Å². The number of hydrogen-bond donors (Lipinski definition) is 1. The molecule has 1 unspecified atom stereocenters. The molecular weight excluding hydrogens is 482 g/mol. The first-order chi connectivity index (χ1) is 17.4. The number of nitrogens with zero attached hydrogens (tertiary/aromatic N) is 2. The molecule has 1 saturated heterocycles. The molecule has 2 aromatic rings. The molecule has 0 saturated carbocycles. The van der Waals surface area contributed by atoms with E-state index in [2.05, 4.69) is 10.5 Å². The molecule has 1 aliphatic rings. The van der Waals surface area contributed by atoms with Crippen LogP contribution in [0.1, 0.15) is 38.2 Å². The quantitative estimate of drug-likeness (QED) is 0.505. The van der Waals surface area contributed by atoms with E-state index in [1.54, 1.807) is 37.4 Å². The van der Waals surface area contributed by atoms with Crippen LogP contribution in [-0.2, 0) is 20.8 Å². The normalized spacial score (nSPS) is 17.9. The van der Waals surface area contributed by atoms with Crippen LogP contribution < -0.4 is 14.9 Å². The maximum Gasteiger partial charge on any atom is 0.232 e. The van der Waals surface area contributed by atoms with Gasteiger partial charge in [-0.2, -0.15) is 0 Å². The standard InChI is InChI=1S/C27H32ClN3O5/c1-4-18(26(33)29-2)16-25(32)31-17-22(30-36-23-8-6-5-7-9-23)12-10-19(27(31)34)14-20-15-21(28)11-13-24(20)35-3/h5-9,11,13,15,18-19H,4,10,12,14,16-17H2,1-3H3,(H,29,33)/b30-22+/t18-,19?/m0/s1. The van der Waals surface area contributed by atoms with Gasteiger partial charge in [-0.15, -0.1) is 0 Å². The molecule has 0 aromatic heterocycles. The Hall–Kier alpha value is -3.39. The van der Waals surface area contributed by atoms with Crippen LogP contribution in [0.4, 0.5) is 0 Å². The highest BCUT2D eigenvalue weighted by molar-refractivity contribution is 6.30. The van der Waals surface area contributed by atoms with Crippen molar-refractivity contribution in [1.82, 2.24) is 10.2 Å². The second-order valence-electron chi connectivity index (χ2n) is 8.70. The maximum atomic E-state index is 13.6. The summed E-state index contributed by atoms with van der Waals surface area (Å²) >= 11 is 6.20. The van der Waals surface area contributed by atoms with Gasteiger partial charge in [0.2, 0.25) is 17.7 Å². The summed E-state index contributed by atoms with van der Waals surface area (Å²) in [6.45, 7) is 1.85. The van der Waals surface area contributed by atoms with E-state index in [4.69, 9.17) is 21.2 Å². The molecular formula is C27H32ClN3O5. The van der Waals surface area contributed by atoms with Crippen molar-refractivity contribution in [2.24, 2.45) is 17.0 Å². The molecule has 0 bridgehead atoms. The number of amides is 3. The highest BCUT2D eigenvalue weighted by Gasteiger charge is 2.35. The Bertz CT molecular complexity index is 1110. The molecule has 1 aliphatic heterocycles. The Balaban J connectivity index is 1.88. The van der Waals surface area contributed by atoms with Crippen molar-refractivity contribution < 1.29 is 24.0 Å². The van der Waals surface area contributed by atoms with Gasteiger partial charge in [-0.25, -0.2) is 0 Å². The fourth-order valence-corrected chi connectivity index (χ4v) is 4.41. The zero-order chi connectivity index (χ0) is 26.1. The molecule has 1 N–H and O–H groups in total. The Morgan fingerprint density at radius 1 is 1.22 bits per heavy atom. The Morgan fingerprint density at radius 2 is 1.97 bits per heavy atom. The van der Waals surface area contributed by atoms with E-state index >= 15 is 0 Å². The average molecular weight is 514 g/mol. The van der Waals surface area contributed by atoms with Crippen LogP contribution in [0.3, 0.4) is 0 Å². The SMILES string of the molecule is CC[C@@H](CC(=O)N1C/C(=N/Oc2ccccc2)CCC(Cc2cc(Cl)ccc2OC)C1=O)C(=O)NC. The smallest absolute Gasteiger partial charge is 0.232 e. The van der Waals surface area contributed by atoms with Crippen LogP contribution >= 0.6 is 11.6 Å². The zero-order valence-electron chi connectivity index (χ0n) is 20.8. The number of carbonyl (C=O) groups excluding carboxylic acids is 3. The summed E-state index contributed by atoms with van der Waals surface area (Å²) in [6.07, 6.45) is 1.72. The molecule has 0 aliphatic carbocycles. The lowest BCUT2D eigenvalue weighted by atomic mass is 9.93. The number of carbonyl (C=O) groups is 3. The number of imide groups is 1. The molecule has 1 heterocycles. The highest BCUT2D eigenvalue weighted by atomic mass is 35.5. The molecule has 36 heavy (non-hydrogen) atoms. The van der Waals surface area contributed by atoms with Crippen LogP contribution in [0.25, 0.3) is 0 Å². The largest absolute Gasteiger partial charge is 0.496 e. The first kappa shape index (κ1) is 27.2. The predicted molar refractivity (Wildman–Crippen MR) is 138 cm³/mol. The molecule has 192 valence electrons. The van der Waals surface area contributed by atoms with Crippen molar-refractivity contribution in [3.8, 4) is 11.5 Å². The third-order valence-corrected chi connectivity index (χ3v) is 6.54. The van der Waals surface area contributed by atoms with Gasteiger partial charge in [-0.05, 0) is 61.6 Å². The number of halogens is 1. The van der Waals surface area contributed by atoms with Crippen molar-refractivity contribution in [2.45, 2.75) is 39.0 Å². The van der Waals surface area contributed by atoms with Gasteiger partial charge in [-0.3, -0.25) is 19.3 Å². The number of methoxy groups -OCH3 is 1. The molecule has 9 heteroatoms. The van der Waals surface area contributed by atoms with E-state index in [1.807, 2.05) is 25.1 Å². The lowest BCUT2D eigenvalue weighted by Crippen LogP contribution is -2.44. The minimum absolute atomic E-state index is 0.0118. The summed E-state index contributed by atoms with van der Waals surface area (Å²) in [5, 5.41) is 7.39. The monoisotopic (exact) mass is 513 g/mol. The van der Waals surface area contributed by atoms with Gasteiger partial charge >= 0.3 is 0 Å². The number of ether oxygens (including phenoxy) is 1. The van der Waals surface area contributed by atoms with E-state index in [-0.39, 0.29) is 24.8 Å². The summed E-state index contributed by atoms with van der Waals surface area (Å²) < 4.78 is 5.46. The molecule has 2 atom stereocenters. The molecule has 8 nitrogen and oxygen atoms in total. The number of likely N-dealkylation sites (tertiary alicyclic amines) is 1. The molecule has 3 amide bonds. The van der Waals surface area contributed by atoms with Gasteiger partial charge in [0.05, 0.1) is 19.4 Å². The summed E-state index contributed by atoms with van der Waals surface area (Å²) in [7, 11) is 3.10. The van der Waals surface area contributed by atoms with Crippen LogP contribution in [0.15, 0.2) is 53.7 Å². The summed E-state index contributed by atoms with van der Waals surface area (Å²) in [5.41, 5.74) is 1.36. The van der Waals surface area contributed by atoms with Gasteiger partial charge in [0.15, 0.2) is 5.75 Å². The number of nitrogens with one attached hydrogen (secondary N) is 1. The van der Waals surface area contributed by atoms with Crippen LogP contribution in [0.2, 0.25) is 5.02 Å². The first-order valence-corrected chi connectivity index (χ1v) is 12.4. The summed E-state index contributed by atoms with van der Waals surface area (Å²) in [6, 6.07) is 14.4. The fourth-order valence-electron chi connectivity index (χ4n) is 4.22. The van der Waals surface area contributed by atoms with E-state index in [9.17, 15) is 14.4 Å². The van der Waals surface area contributed by atoms with Gasteiger partial charge < -0.3 is 14.9 Å². The summed E-state index contributed by atoms with van der Waals surface area (Å²) in [5.74, 6) is -0.774. The number of oxime groups is 1. The number of benzene rings is 2. The van der Waals surface area contributed by atoms with E-state index in [1.165, 1.54) is 11.9 Å². The second-order valence-corrected chi connectivity index (χ2v) is 9.14.